The maximum atomic E-state index is 13.9. The molecule has 2 aromatic rings. The molecule has 3 rings (SSSR count). The first kappa shape index (κ1) is 18.2. The average molecular weight is 383 g/mol. The maximum Gasteiger partial charge on any atom is 0.264 e. The van der Waals surface area contributed by atoms with Gasteiger partial charge < -0.3 is 5.32 Å². The van der Waals surface area contributed by atoms with E-state index < -0.39 is 15.8 Å². The third-order valence-corrected chi connectivity index (χ3v) is 6.51. The van der Waals surface area contributed by atoms with Crippen LogP contribution in [-0.4, -0.2) is 27.5 Å². The highest BCUT2D eigenvalue weighted by atomic mass is 35.5. The fraction of sp³-hybridized carbons (Fsp3) is 0.333. The lowest BCUT2D eigenvalue weighted by molar-refractivity contribution is 0.454. The molecule has 4 nitrogen and oxygen atoms in total. The van der Waals surface area contributed by atoms with Crippen molar-refractivity contribution in [2.24, 2.45) is 0 Å². The Labute approximate surface area is 152 Å². The quantitative estimate of drug-likeness (QED) is 0.876. The maximum absolute atomic E-state index is 13.9. The van der Waals surface area contributed by atoms with E-state index >= 15 is 0 Å². The van der Waals surface area contributed by atoms with Gasteiger partial charge in [-0.3, -0.25) is 4.31 Å². The molecule has 0 amide bonds. The molecule has 0 radical (unpaired) electrons. The fourth-order valence-corrected chi connectivity index (χ4v) is 4.96. The molecule has 1 unspecified atom stereocenters. The van der Waals surface area contributed by atoms with Crippen LogP contribution in [0.15, 0.2) is 47.4 Å². The fourth-order valence-electron chi connectivity index (χ4n) is 3.10. The molecule has 1 saturated heterocycles. The largest absolute Gasteiger partial charge is 0.315 e. The van der Waals surface area contributed by atoms with Gasteiger partial charge in [-0.2, -0.15) is 0 Å². The zero-order chi connectivity index (χ0) is 18.0. The van der Waals surface area contributed by atoms with Crippen molar-refractivity contribution in [1.82, 2.24) is 5.32 Å². The predicted molar refractivity (Wildman–Crippen MR) is 98.1 cm³/mol. The monoisotopic (exact) mass is 382 g/mol. The van der Waals surface area contributed by atoms with E-state index in [0.29, 0.717) is 22.8 Å². The molecule has 0 aromatic heterocycles. The number of rotatable bonds is 4. The summed E-state index contributed by atoms with van der Waals surface area (Å²) in [5, 5.41) is 3.70. The van der Waals surface area contributed by atoms with Crippen LogP contribution in [0.25, 0.3) is 0 Å². The minimum atomic E-state index is -3.84. The molecule has 0 saturated carbocycles. The lowest BCUT2D eigenvalue weighted by atomic mass is 10.1. The second kappa shape index (κ2) is 7.32. The highest BCUT2D eigenvalue weighted by Gasteiger charge is 2.33. The number of piperidine rings is 1. The molecule has 1 atom stereocenters. The third kappa shape index (κ3) is 3.81. The van der Waals surface area contributed by atoms with Gasteiger partial charge in [0.15, 0.2) is 0 Å². The van der Waals surface area contributed by atoms with Gasteiger partial charge in [-0.25, -0.2) is 12.8 Å². The van der Waals surface area contributed by atoms with Gasteiger partial charge in [0.2, 0.25) is 0 Å². The molecule has 2 aromatic carbocycles. The van der Waals surface area contributed by atoms with Gasteiger partial charge in [0.25, 0.3) is 10.0 Å². The number of anilines is 1. The third-order valence-electron chi connectivity index (χ3n) is 4.38. The lowest BCUT2D eigenvalue weighted by Gasteiger charge is -2.36. The number of halogens is 2. The molecule has 1 N–H and O–H groups in total. The minimum absolute atomic E-state index is 0.145. The Morgan fingerprint density at radius 2 is 1.92 bits per heavy atom. The van der Waals surface area contributed by atoms with Crippen molar-refractivity contribution in [1.29, 1.82) is 0 Å². The van der Waals surface area contributed by atoms with Crippen LogP contribution in [0.2, 0.25) is 5.02 Å². The Hall–Kier alpha value is -1.63. The van der Waals surface area contributed by atoms with Gasteiger partial charge >= 0.3 is 0 Å². The molecule has 1 aliphatic rings. The number of nitrogens with one attached hydrogen (secondary N) is 1. The minimum Gasteiger partial charge on any atom is -0.315 e. The summed E-state index contributed by atoms with van der Waals surface area (Å²) < 4.78 is 41.9. The highest BCUT2D eigenvalue weighted by molar-refractivity contribution is 7.92. The van der Waals surface area contributed by atoms with Crippen LogP contribution in [0.3, 0.4) is 0 Å². The summed E-state index contributed by atoms with van der Waals surface area (Å²) in [6.07, 6.45) is 1.58. The van der Waals surface area contributed by atoms with E-state index in [1.54, 1.807) is 25.1 Å². The normalized spacial score (nSPS) is 18.1. The van der Waals surface area contributed by atoms with Crippen molar-refractivity contribution in [2.75, 3.05) is 17.4 Å². The Kier molecular flexibility index (Phi) is 5.32. The first-order valence-corrected chi connectivity index (χ1v) is 9.98. The number of benzene rings is 2. The van der Waals surface area contributed by atoms with Crippen molar-refractivity contribution in [3.05, 3.63) is 58.9 Å². The van der Waals surface area contributed by atoms with E-state index in [0.717, 1.165) is 19.4 Å². The molecule has 0 aliphatic carbocycles. The van der Waals surface area contributed by atoms with E-state index in [1.807, 2.05) is 0 Å². The van der Waals surface area contributed by atoms with Gasteiger partial charge in [0.05, 0.1) is 16.6 Å². The number of sulfonamides is 1. The summed E-state index contributed by atoms with van der Waals surface area (Å²) in [5.41, 5.74) is 1.09. The Morgan fingerprint density at radius 3 is 2.56 bits per heavy atom. The van der Waals surface area contributed by atoms with E-state index in [1.165, 1.54) is 28.6 Å². The SMILES string of the molecule is Cc1ccc(F)cc1N(C1CCCNC1)S(=O)(=O)c1ccc(Cl)cc1. The molecular formula is C18H20ClFN2O2S. The predicted octanol–water partition coefficient (Wildman–Crippen LogP) is 3.73. The molecule has 0 bridgehead atoms. The van der Waals surface area contributed by atoms with Crippen molar-refractivity contribution in [3.63, 3.8) is 0 Å². The summed E-state index contributed by atoms with van der Waals surface area (Å²) >= 11 is 5.89. The van der Waals surface area contributed by atoms with Gasteiger partial charge in [-0.05, 0) is 68.3 Å². The molecular weight excluding hydrogens is 363 g/mol. The van der Waals surface area contributed by atoms with Crippen LogP contribution in [0.1, 0.15) is 18.4 Å². The number of hydrogen-bond donors (Lipinski definition) is 1. The Bertz CT molecular complexity index is 850. The molecule has 1 aliphatic heterocycles. The summed E-state index contributed by atoms with van der Waals surface area (Å²) in [7, 11) is -3.84. The molecule has 1 fully saturated rings. The molecule has 7 heteroatoms. The number of hydrogen-bond acceptors (Lipinski definition) is 3. The van der Waals surface area contributed by atoms with Crippen molar-refractivity contribution >= 4 is 27.3 Å². The number of aryl methyl sites for hydroxylation is 1. The molecule has 25 heavy (non-hydrogen) atoms. The topological polar surface area (TPSA) is 49.4 Å². The first-order valence-electron chi connectivity index (χ1n) is 8.16. The number of nitrogens with zero attached hydrogens (tertiary/aromatic N) is 1. The molecule has 1 heterocycles. The lowest BCUT2D eigenvalue weighted by Crippen LogP contribution is -2.49. The van der Waals surface area contributed by atoms with Crippen LogP contribution in [-0.2, 0) is 10.0 Å². The van der Waals surface area contributed by atoms with E-state index in [2.05, 4.69) is 5.32 Å². The van der Waals surface area contributed by atoms with Crippen LogP contribution in [0.5, 0.6) is 0 Å². The van der Waals surface area contributed by atoms with Crippen LogP contribution < -0.4 is 9.62 Å². The summed E-state index contributed by atoms with van der Waals surface area (Å²) in [4.78, 5) is 0.145. The zero-order valence-electron chi connectivity index (χ0n) is 13.9. The van der Waals surface area contributed by atoms with Crippen molar-refractivity contribution in [3.8, 4) is 0 Å². The molecule has 134 valence electrons. The van der Waals surface area contributed by atoms with E-state index in [9.17, 15) is 12.8 Å². The Balaban J connectivity index is 2.13. The second-order valence-electron chi connectivity index (χ2n) is 6.19. The van der Waals surface area contributed by atoms with E-state index in [-0.39, 0.29) is 10.9 Å². The van der Waals surface area contributed by atoms with Crippen LogP contribution in [0.4, 0.5) is 10.1 Å². The molecule has 0 spiro atoms. The standard InChI is InChI=1S/C18H20ClFN2O2S/c1-13-4-7-15(20)11-18(13)22(16-3-2-10-21-12-16)25(23,24)17-8-5-14(19)6-9-17/h4-9,11,16,21H,2-3,10,12H2,1H3. The average Bonchev–Trinajstić information content (AvgIpc) is 2.59. The van der Waals surface area contributed by atoms with Crippen molar-refractivity contribution in [2.45, 2.75) is 30.7 Å². The van der Waals surface area contributed by atoms with Gasteiger partial charge in [0, 0.05) is 11.6 Å². The van der Waals surface area contributed by atoms with Crippen molar-refractivity contribution < 1.29 is 12.8 Å². The van der Waals surface area contributed by atoms with E-state index in [4.69, 9.17) is 11.6 Å². The second-order valence-corrected chi connectivity index (χ2v) is 8.44. The summed E-state index contributed by atoms with van der Waals surface area (Å²) in [6, 6.07) is 10.0. The first-order chi connectivity index (χ1) is 11.9. The smallest absolute Gasteiger partial charge is 0.264 e. The Morgan fingerprint density at radius 1 is 1.20 bits per heavy atom. The zero-order valence-corrected chi connectivity index (χ0v) is 15.4. The van der Waals surface area contributed by atoms with Crippen LogP contribution >= 0.6 is 11.6 Å². The van der Waals surface area contributed by atoms with Crippen LogP contribution in [0, 0.1) is 12.7 Å². The summed E-state index contributed by atoms with van der Waals surface area (Å²) in [5.74, 6) is -0.458. The highest BCUT2D eigenvalue weighted by Crippen LogP contribution is 2.32. The summed E-state index contributed by atoms with van der Waals surface area (Å²) in [6.45, 7) is 3.17. The van der Waals surface area contributed by atoms with Gasteiger partial charge in [-0.1, -0.05) is 17.7 Å². The van der Waals surface area contributed by atoms with Gasteiger partial charge in [0.1, 0.15) is 5.82 Å². The van der Waals surface area contributed by atoms with Gasteiger partial charge in [-0.15, -0.1) is 0 Å².